The fourth-order valence-electron chi connectivity index (χ4n) is 1.37. The maximum atomic E-state index is 12.8. The Bertz CT molecular complexity index is 180. The van der Waals surface area contributed by atoms with E-state index in [9.17, 15) is 13.9 Å². The van der Waals surface area contributed by atoms with E-state index >= 15 is 0 Å². The van der Waals surface area contributed by atoms with E-state index in [1.54, 1.807) is 0 Å². The van der Waals surface area contributed by atoms with Gasteiger partial charge in [-0.1, -0.05) is 13.3 Å². The first kappa shape index (κ1) is 12.8. The first-order valence-corrected chi connectivity index (χ1v) is 5.28. The monoisotopic (exact) mass is 223 g/mol. The van der Waals surface area contributed by atoms with Crippen LogP contribution >= 0.6 is 0 Å². The second-order valence-corrected chi connectivity index (χ2v) is 3.74. The van der Waals surface area contributed by atoms with E-state index in [1.165, 1.54) is 0 Å². The van der Waals surface area contributed by atoms with Gasteiger partial charge in [-0.05, 0) is 6.42 Å². The molecular weight excluding hydrogens is 206 g/mol. The largest absolute Gasteiger partial charge is 0.376 e. The molecule has 1 saturated heterocycles. The lowest BCUT2D eigenvalue weighted by Crippen LogP contribution is -2.26. The fourth-order valence-corrected chi connectivity index (χ4v) is 1.37. The molecule has 0 bridgehead atoms. The highest BCUT2D eigenvalue weighted by Crippen LogP contribution is 2.26. The highest BCUT2D eigenvalue weighted by Gasteiger charge is 2.37. The van der Waals surface area contributed by atoms with E-state index in [0.29, 0.717) is 0 Å². The average molecular weight is 223 g/mol. The molecule has 5 heteroatoms. The molecule has 3 nitrogen and oxygen atoms in total. The summed E-state index contributed by atoms with van der Waals surface area (Å²) in [5.41, 5.74) is 0. The molecule has 89 valence electrons. The van der Waals surface area contributed by atoms with Crippen LogP contribution in [-0.2, 0) is 14.6 Å². The second kappa shape index (κ2) is 6.35. The van der Waals surface area contributed by atoms with E-state index in [0.717, 1.165) is 12.8 Å². The van der Waals surface area contributed by atoms with Gasteiger partial charge in [0.2, 0.25) is 0 Å². The van der Waals surface area contributed by atoms with Gasteiger partial charge in [-0.25, -0.2) is 13.9 Å². The van der Waals surface area contributed by atoms with Crippen LogP contribution in [0.2, 0.25) is 0 Å². The van der Waals surface area contributed by atoms with E-state index in [-0.39, 0.29) is 25.4 Å². The van der Waals surface area contributed by atoms with Gasteiger partial charge in [-0.3, -0.25) is 0 Å². The van der Waals surface area contributed by atoms with Gasteiger partial charge in [0.1, 0.15) is 12.7 Å². The zero-order valence-corrected chi connectivity index (χ0v) is 8.83. The summed E-state index contributed by atoms with van der Waals surface area (Å²) < 4.78 is 35.4. The van der Waals surface area contributed by atoms with E-state index in [4.69, 9.17) is 9.47 Å². The number of ether oxygens (including phenoxy) is 2. The number of alkyl halides is 2. The predicted octanol–water partition coefficient (Wildman–Crippen LogP) is 1.68. The first-order valence-electron chi connectivity index (χ1n) is 5.28. The standard InChI is InChI=1S/C10H17F2O3/c1-2-3-9-10(15-9)6-14-5-8(12)7(11)4-13/h7-10H,2-6H2,1H3/t7?,8?,9-,10-/m0/s1. The highest BCUT2D eigenvalue weighted by molar-refractivity contribution is 4.84. The topological polar surface area (TPSA) is 41.7 Å². The molecular formula is C10H17F2O3. The number of hydrogen-bond acceptors (Lipinski definition) is 2. The smallest absolute Gasteiger partial charge is 0.160 e. The lowest BCUT2D eigenvalue weighted by molar-refractivity contribution is 0.00376. The normalized spacial score (nSPS) is 28.8. The quantitative estimate of drug-likeness (QED) is 0.587. The minimum atomic E-state index is -1.96. The number of hydrogen-bond donors (Lipinski definition) is 0. The van der Waals surface area contributed by atoms with Crippen molar-refractivity contribution >= 4 is 0 Å². The summed E-state index contributed by atoms with van der Waals surface area (Å²) in [6, 6.07) is 0. The molecule has 2 unspecified atom stereocenters. The maximum Gasteiger partial charge on any atom is 0.160 e. The minimum absolute atomic E-state index is 0.0301. The summed E-state index contributed by atoms with van der Waals surface area (Å²) in [5, 5.41) is 10.0. The van der Waals surface area contributed by atoms with E-state index in [1.807, 2.05) is 0 Å². The Balaban J connectivity index is 1.98. The number of halogens is 2. The third-order valence-corrected chi connectivity index (χ3v) is 2.37. The van der Waals surface area contributed by atoms with Gasteiger partial charge in [-0.2, -0.15) is 0 Å². The van der Waals surface area contributed by atoms with Crippen LogP contribution in [0.15, 0.2) is 0 Å². The van der Waals surface area contributed by atoms with Crippen molar-refractivity contribution in [2.45, 2.75) is 44.3 Å². The van der Waals surface area contributed by atoms with Crippen molar-refractivity contribution in [3.8, 4) is 0 Å². The molecule has 0 aromatic heterocycles. The Morgan fingerprint density at radius 2 is 2.07 bits per heavy atom. The molecule has 1 heterocycles. The lowest BCUT2D eigenvalue weighted by atomic mass is 10.2. The van der Waals surface area contributed by atoms with Crippen molar-refractivity contribution in [2.75, 3.05) is 19.8 Å². The summed E-state index contributed by atoms with van der Waals surface area (Å²) in [7, 11) is 0. The summed E-state index contributed by atoms with van der Waals surface area (Å²) >= 11 is 0. The Labute approximate surface area is 88.4 Å². The molecule has 1 rings (SSSR count). The Kier molecular flexibility index (Phi) is 5.42. The van der Waals surface area contributed by atoms with Crippen molar-refractivity contribution in [3.05, 3.63) is 0 Å². The third kappa shape index (κ3) is 4.40. The summed E-state index contributed by atoms with van der Waals surface area (Å²) in [5.74, 6) is 0. The van der Waals surface area contributed by atoms with E-state index in [2.05, 4.69) is 6.92 Å². The molecule has 0 spiro atoms. The van der Waals surface area contributed by atoms with Crippen molar-refractivity contribution < 1.29 is 23.4 Å². The molecule has 1 fully saturated rings. The zero-order chi connectivity index (χ0) is 11.3. The second-order valence-electron chi connectivity index (χ2n) is 3.74. The molecule has 0 amide bonds. The molecule has 15 heavy (non-hydrogen) atoms. The van der Waals surface area contributed by atoms with Crippen LogP contribution in [0.4, 0.5) is 8.78 Å². The Hall–Kier alpha value is -0.260. The number of rotatable bonds is 8. The van der Waals surface area contributed by atoms with Crippen molar-refractivity contribution in [3.63, 3.8) is 0 Å². The predicted molar refractivity (Wildman–Crippen MR) is 49.7 cm³/mol. The zero-order valence-electron chi connectivity index (χ0n) is 8.83. The SMILES string of the molecule is CCC[C@@H]1O[C@H]1COCC(F)C(F)C[O]. The van der Waals surface area contributed by atoms with Gasteiger partial charge in [0.25, 0.3) is 0 Å². The van der Waals surface area contributed by atoms with Crippen LogP contribution < -0.4 is 0 Å². The highest BCUT2D eigenvalue weighted by atomic mass is 19.2. The summed E-state index contributed by atoms with van der Waals surface area (Å²) in [6.45, 7) is 0.931. The molecule has 4 atom stereocenters. The molecule has 1 aliphatic rings. The molecule has 0 aromatic rings. The number of epoxide rings is 1. The first-order chi connectivity index (χ1) is 7.19. The van der Waals surface area contributed by atoms with Crippen molar-refractivity contribution in [1.29, 1.82) is 0 Å². The Morgan fingerprint density at radius 1 is 1.33 bits per heavy atom. The van der Waals surface area contributed by atoms with Gasteiger partial charge in [0.05, 0.1) is 19.3 Å². The van der Waals surface area contributed by atoms with Gasteiger partial charge < -0.3 is 9.47 Å². The van der Waals surface area contributed by atoms with E-state index < -0.39 is 19.0 Å². The van der Waals surface area contributed by atoms with Crippen LogP contribution in [0.5, 0.6) is 0 Å². The van der Waals surface area contributed by atoms with Gasteiger partial charge in [-0.15, -0.1) is 0 Å². The molecule has 1 radical (unpaired) electrons. The third-order valence-electron chi connectivity index (χ3n) is 2.37. The van der Waals surface area contributed by atoms with Gasteiger partial charge >= 0.3 is 0 Å². The minimum Gasteiger partial charge on any atom is -0.376 e. The molecule has 1 aliphatic heterocycles. The molecule has 0 aromatic carbocycles. The van der Waals surface area contributed by atoms with Crippen LogP contribution in [-0.4, -0.2) is 44.4 Å². The molecule has 0 saturated carbocycles. The van der Waals surface area contributed by atoms with Crippen LogP contribution in [0, 0.1) is 0 Å². The lowest BCUT2D eigenvalue weighted by Gasteiger charge is -2.10. The van der Waals surface area contributed by atoms with Crippen LogP contribution in [0.1, 0.15) is 19.8 Å². The van der Waals surface area contributed by atoms with Gasteiger partial charge in [0.15, 0.2) is 12.3 Å². The van der Waals surface area contributed by atoms with Crippen molar-refractivity contribution in [2.24, 2.45) is 0 Å². The summed E-state index contributed by atoms with van der Waals surface area (Å²) in [4.78, 5) is 0. The fraction of sp³-hybridized carbons (Fsp3) is 1.00. The molecule has 0 aliphatic carbocycles. The van der Waals surface area contributed by atoms with Crippen LogP contribution in [0.25, 0.3) is 0 Å². The summed E-state index contributed by atoms with van der Waals surface area (Å²) in [6.07, 6.45) is -1.52. The van der Waals surface area contributed by atoms with Crippen LogP contribution in [0.3, 0.4) is 0 Å². The maximum absolute atomic E-state index is 12.8. The Morgan fingerprint density at radius 3 is 2.67 bits per heavy atom. The van der Waals surface area contributed by atoms with Gasteiger partial charge in [0, 0.05) is 0 Å². The van der Waals surface area contributed by atoms with Crippen molar-refractivity contribution in [1.82, 2.24) is 0 Å². The molecule has 0 N–H and O–H groups in total. The average Bonchev–Trinajstić information content (AvgIpc) is 2.96.